The van der Waals surface area contributed by atoms with E-state index >= 15 is 0 Å². The van der Waals surface area contributed by atoms with Gasteiger partial charge < -0.3 is 5.11 Å². The van der Waals surface area contributed by atoms with Crippen LogP contribution in [0.5, 0.6) is 0 Å². The smallest absolute Gasteiger partial charge is 0.325 e. The lowest BCUT2D eigenvalue weighted by atomic mass is 9.94. The highest BCUT2D eigenvalue weighted by atomic mass is 32.2. The lowest BCUT2D eigenvalue weighted by Gasteiger charge is -2.32. The molecule has 6 heteroatoms. The van der Waals surface area contributed by atoms with Crippen LogP contribution in [0.1, 0.15) is 26.7 Å². The number of carboxylic acids is 1. The molecule has 1 atom stereocenters. The van der Waals surface area contributed by atoms with Crippen LogP contribution in [-0.4, -0.2) is 38.4 Å². The second-order valence-corrected chi connectivity index (χ2v) is 6.18. The van der Waals surface area contributed by atoms with E-state index in [1.54, 1.807) is 18.6 Å². The molecule has 1 aromatic heterocycles. The van der Waals surface area contributed by atoms with E-state index in [0.29, 0.717) is 5.75 Å². The summed E-state index contributed by atoms with van der Waals surface area (Å²) < 4.78 is 0. The molecule has 0 aliphatic heterocycles. The summed E-state index contributed by atoms with van der Waals surface area (Å²) in [5.74, 6) is -0.0687. The molecule has 1 aliphatic rings. The molecule has 1 saturated carbocycles. The zero-order chi connectivity index (χ0) is 13.9. The molecule has 0 saturated heterocycles. The Labute approximate surface area is 117 Å². The van der Waals surface area contributed by atoms with Gasteiger partial charge in [0.05, 0.1) is 6.20 Å². The van der Waals surface area contributed by atoms with Crippen LogP contribution >= 0.6 is 11.8 Å². The largest absolute Gasteiger partial charge is 0.480 e. The van der Waals surface area contributed by atoms with Gasteiger partial charge in [-0.15, -0.1) is 11.8 Å². The normalized spacial score (nSPS) is 18.3. The van der Waals surface area contributed by atoms with E-state index in [0.717, 1.165) is 17.9 Å². The van der Waals surface area contributed by atoms with Crippen molar-refractivity contribution in [2.75, 3.05) is 5.75 Å². The summed E-state index contributed by atoms with van der Waals surface area (Å²) in [6.07, 6.45) is 6.86. The molecule has 19 heavy (non-hydrogen) atoms. The molecule has 0 spiro atoms. The average molecular weight is 281 g/mol. The first-order chi connectivity index (χ1) is 9.04. The van der Waals surface area contributed by atoms with Crippen LogP contribution in [0.15, 0.2) is 23.6 Å². The highest BCUT2D eigenvalue weighted by Gasteiger charge is 2.51. The third-order valence-corrected chi connectivity index (χ3v) is 4.30. The molecule has 1 aliphatic carbocycles. The van der Waals surface area contributed by atoms with Gasteiger partial charge in [0.15, 0.2) is 0 Å². The van der Waals surface area contributed by atoms with Gasteiger partial charge in [-0.25, -0.2) is 4.98 Å². The van der Waals surface area contributed by atoms with Crippen LogP contribution in [0.3, 0.4) is 0 Å². The number of hydrogen-bond donors (Lipinski definition) is 2. The van der Waals surface area contributed by atoms with Crippen molar-refractivity contribution < 1.29 is 9.90 Å². The average Bonchev–Trinajstić information content (AvgIpc) is 3.19. The fourth-order valence-corrected chi connectivity index (χ4v) is 3.30. The van der Waals surface area contributed by atoms with Crippen molar-refractivity contribution in [3.63, 3.8) is 0 Å². The number of hydrogen-bond acceptors (Lipinski definition) is 5. The standard InChI is InChI=1S/C13H19N3O2S/c1-9(2)16-13(12(17)18,10-3-4-10)8-19-11-7-14-5-6-15-11/h5-7,9-10,16H,3-4,8H2,1-2H3,(H,17,18). The maximum atomic E-state index is 11.7. The van der Waals surface area contributed by atoms with Crippen molar-refractivity contribution in [1.82, 2.24) is 15.3 Å². The first-order valence-electron chi connectivity index (χ1n) is 6.44. The minimum absolute atomic E-state index is 0.138. The highest BCUT2D eigenvalue weighted by Crippen LogP contribution is 2.42. The molecule has 0 amide bonds. The Kier molecular flexibility index (Phi) is 4.42. The van der Waals surface area contributed by atoms with E-state index in [4.69, 9.17) is 0 Å². The van der Waals surface area contributed by atoms with E-state index in [-0.39, 0.29) is 12.0 Å². The number of carboxylic acid groups (broad SMARTS) is 1. The van der Waals surface area contributed by atoms with Gasteiger partial charge in [0.25, 0.3) is 0 Å². The summed E-state index contributed by atoms with van der Waals surface area (Å²) in [4.78, 5) is 19.9. The molecule has 1 heterocycles. The van der Waals surface area contributed by atoms with Crippen molar-refractivity contribution in [1.29, 1.82) is 0 Å². The maximum Gasteiger partial charge on any atom is 0.325 e. The Hall–Kier alpha value is -1.14. The van der Waals surface area contributed by atoms with Crippen LogP contribution < -0.4 is 5.32 Å². The second kappa shape index (κ2) is 5.88. The number of rotatable bonds is 7. The van der Waals surface area contributed by atoms with Gasteiger partial charge in [-0.05, 0) is 32.6 Å². The molecule has 1 unspecified atom stereocenters. The number of carbonyl (C=O) groups is 1. The molecule has 0 radical (unpaired) electrons. The van der Waals surface area contributed by atoms with E-state index in [2.05, 4.69) is 15.3 Å². The number of aromatic nitrogens is 2. The first-order valence-corrected chi connectivity index (χ1v) is 7.43. The Morgan fingerprint density at radius 1 is 1.58 bits per heavy atom. The summed E-state index contributed by atoms with van der Waals surface area (Å²) in [6, 6.07) is 0.138. The summed E-state index contributed by atoms with van der Waals surface area (Å²) in [7, 11) is 0. The molecule has 104 valence electrons. The summed E-state index contributed by atoms with van der Waals surface area (Å²) in [5.41, 5.74) is -0.851. The second-order valence-electron chi connectivity index (χ2n) is 5.18. The van der Waals surface area contributed by atoms with Crippen molar-refractivity contribution >= 4 is 17.7 Å². The zero-order valence-electron chi connectivity index (χ0n) is 11.2. The number of nitrogens with one attached hydrogen (secondary N) is 1. The number of nitrogens with zero attached hydrogens (tertiary/aromatic N) is 2. The van der Waals surface area contributed by atoms with Gasteiger partial charge in [0.2, 0.25) is 0 Å². The van der Waals surface area contributed by atoms with Crippen molar-refractivity contribution in [3.05, 3.63) is 18.6 Å². The Morgan fingerprint density at radius 2 is 2.32 bits per heavy atom. The van der Waals surface area contributed by atoms with Gasteiger partial charge in [-0.2, -0.15) is 0 Å². The van der Waals surface area contributed by atoms with Gasteiger partial charge in [-0.1, -0.05) is 0 Å². The molecule has 5 nitrogen and oxygen atoms in total. The van der Waals surface area contributed by atoms with Crippen molar-refractivity contribution in [3.8, 4) is 0 Å². The lowest BCUT2D eigenvalue weighted by Crippen LogP contribution is -2.58. The lowest BCUT2D eigenvalue weighted by molar-refractivity contribution is -0.145. The van der Waals surface area contributed by atoms with Crippen molar-refractivity contribution in [2.45, 2.75) is 43.3 Å². The summed E-state index contributed by atoms with van der Waals surface area (Å²) in [6.45, 7) is 3.96. The first kappa shape index (κ1) is 14.3. The summed E-state index contributed by atoms with van der Waals surface area (Å²) in [5, 5.41) is 13.7. The molecule has 1 fully saturated rings. The molecule has 2 rings (SSSR count). The Balaban J connectivity index is 2.11. The minimum atomic E-state index is -0.851. The third-order valence-electron chi connectivity index (χ3n) is 3.19. The molecule has 0 bridgehead atoms. The van der Waals surface area contributed by atoms with E-state index in [1.807, 2.05) is 13.8 Å². The van der Waals surface area contributed by atoms with Gasteiger partial charge in [0, 0.05) is 24.2 Å². The predicted octanol–water partition coefficient (Wildman–Crippen LogP) is 1.80. The van der Waals surface area contributed by atoms with E-state index < -0.39 is 11.5 Å². The van der Waals surface area contributed by atoms with Crippen LogP contribution in [0, 0.1) is 5.92 Å². The van der Waals surface area contributed by atoms with Crippen molar-refractivity contribution in [2.24, 2.45) is 5.92 Å². The SMILES string of the molecule is CC(C)NC(CSc1cnccn1)(C(=O)O)C1CC1. The van der Waals surface area contributed by atoms with Crippen LogP contribution in [0.2, 0.25) is 0 Å². The van der Waals surface area contributed by atoms with Crippen LogP contribution in [-0.2, 0) is 4.79 Å². The fraction of sp³-hybridized carbons (Fsp3) is 0.615. The van der Waals surface area contributed by atoms with E-state index in [1.165, 1.54) is 11.8 Å². The third kappa shape index (κ3) is 3.45. The van der Waals surface area contributed by atoms with E-state index in [9.17, 15) is 9.90 Å². The molecule has 0 aromatic carbocycles. The molecular formula is C13H19N3O2S. The monoisotopic (exact) mass is 281 g/mol. The highest BCUT2D eigenvalue weighted by molar-refractivity contribution is 7.99. The van der Waals surface area contributed by atoms with Crippen LogP contribution in [0.25, 0.3) is 0 Å². The topological polar surface area (TPSA) is 75.1 Å². The van der Waals surface area contributed by atoms with Gasteiger partial charge in [-0.3, -0.25) is 15.1 Å². The van der Waals surface area contributed by atoms with Crippen LogP contribution in [0.4, 0.5) is 0 Å². The molecule has 1 aromatic rings. The molecule has 2 N–H and O–H groups in total. The minimum Gasteiger partial charge on any atom is -0.480 e. The number of aliphatic carboxylic acids is 1. The van der Waals surface area contributed by atoms with Gasteiger partial charge >= 0.3 is 5.97 Å². The zero-order valence-corrected chi connectivity index (χ0v) is 12.0. The number of thioether (sulfide) groups is 1. The molecular weight excluding hydrogens is 262 g/mol. The quantitative estimate of drug-likeness (QED) is 0.742. The Morgan fingerprint density at radius 3 is 2.79 bits per heavy atom. The maximum absolute atomic E-state index is 11.7. The predicted molar refractivity (Wildman–Crippen MR) is 74.1 cm³/mol. The fourth-order valence-electron chi connectivity index (χ4n) is 2.21. The van der Waals surface area contributed by atoms with Gasteiger partial charge in [0.1, 0.15) is 10.6 Å². The summed E-state index contributed by atoms with van der Waals surface area (Å²) >= 11 is 1.45. The Bertz CT molecular complexity index is 437.